The van der Waals surface area contributed by atoms with E-state index in [2.05, 4.69) is 10.4 Å². The van der Waals surface area contributed by atoms with Crippen molar-refractivity contribution in [1.29, 1.82) is 0 Å². The number of carbonyl (C=O) groups is 2. The second kappa shape index (κ2) is 9.65. The van der Waals surface area contributed by atoms with Gasteiger partial charge in [-0.25, -0.2) is 13.9 Å². The molecule has 3 aromatic rings. The lowest BCUT2D eigenvalue weighted by Crippen LogP contribution is -2.31. The van der Waals surface area contributed by atoms with Gasteiger partial charge in [0, 0.05) is 18.7 Å². The predicted molar refractivity (Wildman–Crippen MR) is 119 cm³/mol. The summed E-state index contributed by atoms with van der Waals surface area (Å²) in [5, 5.41) is 14.8. The molecule has 1 aliphatic heterocycles. The van der Waals surface area contributed by atoms with E-state index >= 15 is 0 Å². The molecule has 0 saturated carbocycles. The van der Waals surface area contributed by atoms with E-state index in [0.717, 1.165) is 35.0 Å². The largest absolute Gasteiger partial charge is 0.478 e. The van der Waals surface area contributed by atoms with Gasteiger partial charge in [0.1, 0.15) is 17.2 Å². The fourth-order valence-electron chi connectivity index (χ4n) is 4.19. The molecule has 0 aliphatic carbocycles. The van der Waals surface area contributed by atoms with Crippen LogP contribution in [0.25, 0.3) is 0 Å². The maximum atomic E-state index is 14.5. The lowest BCUT2D eigenvalue weighted by molar-refractivity contribution is -0.142. The van der Waals surface area contributed by atoms with Gasteiger partial charge in [-0.05, 0) is 36.8 Å². The summed E-state index contributed by atoms with van der Waals surface area (Å²) in [6.07, 6.45) is -9.57. The van der Waals surface area contributed by atoms with Crippen molar-refractivity contribution in [2.24, 2.45) is 0 Å². The maximum Gasteiger partial charge on any atom is 0.436 e. The van der Waals surface area contributed by atoms with E-state index in [0.29, 0.717) is 5.56 Å². The van der Waals surface area contributed by atoms with E-state index in [4.69, 9.17) is 5.11 Å². The third kappa shape index (κ3) is 5.29. The Balaban J connectivity index is 1.64. The molecule has 2 aromatic carbocycles. The zero-order valence-electron chi connectivity index (χ0n) is 19.5. The Morgan fingerprint density at radius 2 is 1.68 bits per heavy atom. The van der Waals surface area contributed by atoms with Gasteiger partial charge < -0.3 is 15.3 Å². The molecule has 0 bridgehead atoms. The highest BCUT2D eigenvalue weighted by Crippen LogP contribution is 2.39. The van der Waals surface area contributed by atoms with Crippen molar-refractivity contribution in [2.75, 3.05) is 11.4 Å². The first-order valence-electron chi connectivity index (χ1n) is 11.1. The number of alkyl halides is 6. The number of aromatic nitrogens is 2. The smallest absolute Gasteiger partial charge is 0.436 e. The van der Waals surface area contributed by atoms with E-state index < -0.39 is 52.9 Å². The minimum Gasteiger partial charge on any atom is -0.478 e. The maximum absolute atomic E-state index is 14.5. The van der Waals surface area contributed by atoms with Crippen molar-refractivity contribution in [3.63, 3.8) is 0 Å². The highest BCUT2D eigenvalue weighted by molar-refractivity contribution is 6.01. The van der Waals surface area contributed by atoms with E-state index in [1.807, 2.05) is 0 Å². The van der Waals surface area contributed by atoms with Crippen molar-refractivity contribution in [2.45, 2.75) is 38.4 Å². The molecule has 38 heavy (non-hydrogen) atoms. The van der Waals surface area contributed by atoms with Gasteiger partial charge in [0.05, 0.1) is 23.7 Å². The van der Waals surface area contributed by atoms with Crippen LogP contribution in [0.5, 0.6) is 0 Å². The topological polar surface area (TPSA) is 87.5 Å². The summed E-state index contributed by atoms with van der Waals surface area (Å²) in [5.74, 6) is -3.74. The minimum absolute atomic E-state index is 0.00679. The minimum atomic E-state index is -5.01. The SMILES string of the molecule is CC(NC(=O)c1c(C(F)(F)F)nn2c1N(Cc1ccc(C(F)(F)F)cc1)CC2)c1ccc(C(=O)O)cc1F. The summed E-state index contributed by atoms with van der Waals surface area (Å²) < 4.78 is 95.5. The number of rotatable bonds is 6. The summed E-state index contributed by atoms with van der Waals surface area (Å²) in [7, 11) is 0. The van der Waals surface area contributed by atoms with Crippen LogP contribution in [0.1, 0.15) is 56.1 Å². The van der Waals surface area contributed by atoms with Crippen molar-refractivity contribution in [3.8, 4) is 0 Å². The number of halogens is 7. The number of carboxylic acids is 1. The monoisotopic (exact) mass is 544 g/mol. The lowest BCUT2D eigenvalue weighted by Gasteiger charge is -2.21. The van der Waals surface area contributed by atoms with Crippen molar-refractivity contribution in [3.05, 3.63) is 81.8 Å². The Morgan fingerprint density at radius 3 is 2.24 bits per heavy atom. The Kier molecular flexibility index (Phi) is 6.84. The summed E-state index contributed by atoms with van der Waals surface area (Å²) in [4.78, 5) is 25.5. The average molecular weight is 544 g/mol. The van der Waals surface area contributed by atoms with Crippen LogP contribution in [0.15, 0.2) is 42.5 Å². The van der Waals surface area contributed by atoms with E-state index in [9.17, 15) is 40.3 Å². The molecule has 1 amide bonds. The van der Waals surface area contributed by atoms with Gasteiger partial charge in [-0.15, -0.1) is 0 Å². The third-order valence-corrected chi connectivity index (χ3v) is 6.02. The first kappa shape index (κ1) is 26.9. The summed E-state index contributed by atoms with van der Waals surface area (Å²) in [5.41, 5.74) is -3.29. The zero-order chi connectivity index (χ0) is 28.0. The van der Waals surface area contributed by atoms with Crippen molar-refractivity contribution >= 4 is 17.7 Å². The molecule has 1 aromatic heterocycles. The van der Waals surface area contributed by atoms with Crippen LogP contribution in [0.2, 0.25) is 0 Å². The molecule has 0 fully saturated rings. The zero-order valence-corrected chi connectivity index (χ0v) is 19.5. The van der Waals surface area contributed by atoms with Crippen LogP contribution in [-0.2, 0) is 25.4 Å². The Hall–Kier alpha value is -4.10. The summed E-state index contributed by atoms with van der Waals surface area (Å²) in [6.45, 7) is 1.35. The molecule has 7 nitrogen and oxygen atoms in total. The molecule has 0 spiro atoms. The van der Waals surface area contributed by atoms with Crippen molar-refractivity contribution < 1.29 is 45.4 Å². The van der Waals surface area contributed by atoms with Gasteiger partial charge in [-0.1, -0.05) is 18.2 Å². The third-order valence-electron chi connectivity index (χ3n) is 6.02. The molecule has 1 atom stereocenters. The van der Waals surface area contributed by atoms with Gasteiger partial charge >= 0.3 is 18.3 Å². The number of aromatic carboxylic acids is 1. The second-order valence-corrected chi connectivity index (χ2v) is 8.62. The van der Waals surface area contributed by atoms with Crippen LogP contribution in [0.3, 0.4) is 0 Å². The number of hydrogen-bond donors (Lipinski definition) is 2. The fourth-order valence-corrected chi connectivity index (χ4v) is 4.19. The quantitative estimate of drug-likeness (QED) is 0.413. The van der Waals surface area contributed by atoms with Crippen LogP contribution in [-0.4, -0.2) is 33.3 Å². The molecule has 1 unspecified atom stereocenters. The highest BCUT2D eigenvalue weighted by Gasteiger charge is 2.44. The van der Waals surface area contributed by atoms with Crippen LogP contribution in [0.4, 0.5) is 36.6 Å². The summed E-state index contributed by atoms with van der Waals surface area (Å²) >= 11 is 0. The molecule has 2 N–H and O–H groups in total. The Bertz CT molecular complexity index is 1380. The summed E-state index contributed by atoms with van der Waals surface area (Å²) in [6, 6.07) is 5.86. The molecule has 14 heteroatoms. The first-order chi connectivity index (χ1) is 17.7. The molecule has 0 saturated heterocycles. The van der Waals surface area contributed by atoms with Gasteiger partial charge in [0.2, 0.25) is 0 Å². The normalized spacial score (nSPS) is 14.4. The molecule has 2 heterocycles. The van der Waals surface area contributed by atoms with Crippen molar-refractivity contribution in [1.82, 2.24) is 15.1 Å². The number of carboxylic acid groups (broad SMARTS) is 1. The molecule has 202 valence electrons. The van der Waals surface area contributed by atoms with E-state index in [1.54, 1.807) is 0 Å². The highest BCUT2D eigenvalue weighted by atomic mass is 19.4. The van der Waals surface area contributed by atoms with Gasteiger partial charge in [-0.2, -0.15) is 31.4 Å². The molecule has 1 aliphatic rings. The Labute approximate surface area is 210 Å². The predicted octanol–water partition coefficient (Wildman–Crippen LogP) is 5.27. The van der Waals surface area contributed by atoms with E-state index in [-0.39, 0.29) is 36.6 Å². The van der Waals surface area contributed by atoms with Crippen LogP contribution in [0, 0.1) is 5.82 Å². The molecule has 0 radical (unpaired) electrons. The van der Waals surface area contributed by atoms with Crippen LogP contribution < -0.4 is 10.2 Å². The number of nitrogens with one attached hydrogen (secondary N) is 1. The standard InChI is InChI=1S/C24H19F7N4O3/c1-12(16-7-4-14(22(37)38)10-17(16)25)32-20(36)18-19(24(29,30)31)33-35-9-8-34(21(18)35)11-13-2-5-15(6-3-13)23(26,27)28/h2-7,10,12H,8-9,11H2,1H3,(H,32,36)(H,37,38). The molecular weight excluding hydrogens is 525 g/mol. The number of benzene rings is 2. The number of amides is 1. The number of carbonyl (C=O) groups excluding carboxylic acids is 1. The fraction of sp³-hybridized carbons (Fsp3) is 0.292. The second-order valence-electron chi connectivity index (χ2n) is 8.62. The lowest BCUT2D eigenvalue weighted by atomic mass is 10.0. The van der Waals surface area contributed by atoms with Gasteiger partial charge in [0.25, 0.3) is 5.91 Å². The van der Waals surface area contributed by atoms with Gasteiger partial charge in [0.15, 0.2) is 5.69 Å². The molecular formula is C24H19F7N4O3. The molecule has 4 rings (SSSR count). The number of fused-ring (bicyclic) bond motifs is 1. The average Bonchev–Trinajstić information content (AvgIpc) is 3.38. The van der Waals surface area contributed by atoms with Gasteiger partial charge in [-0.3, -0.25) is 4.79 Å². The number of hydrogen-bond acceptors (Lipinski definition) is 4. The van der Waals surface area contributed by atoms with E-state index in [1.165, 1.54) is 24.0 Å². The Morgan fingerprint density at radius 1 is 1.03 bits per heavy atom. The number of nitrogens with zero attached hydrogens (tertiary/aromatic N) is 3. The van der Waals surface area contributed by atoms with Crippen LogP contribution >= 0.6 is 0 Å². The number of anilines is 1. The first-order valence-corrected chi connectivity index (χ1v) is 11.1.